The lowest BCUT2D eigenvalue weighted by Crippen LogP contribution is -1.99. The zero-order valence-electron chi connectivity index (χ0n) is 11.7. The molecule has 0 atom stereocenters. The third kappa shape index (κ3) is 4.34. The van der Waals surface area contributed by atoms with Crippen LogP contribution in [0.4, 0.5) is 0 Å². The molecule has 0 bridgehead atoms. The summed E-state index contributed by atoms with van der Waals surface area (Å²) in [5.74, 6) is -0.277. The Morgan fingerprint density at radius 2 is 2.14 bits per heavy atom. The van der Waals surface area contributed by atoms with E-state index in [2.05, 4.69) is 17.3 Å². The minimum Gasteiger partial charge on any atom is -0.486 e. The highest BCUT2D eigenvalue weighted by atomic mass is 32.2. The molecule has 0 fully saturated rings. The van der Waals surface area contributed by atoms with E-state index in [1.54, 1.807) is 11.8 Å². The number of hydrogen-bond donors (Lipinski definition) is 1. The summed E-state index contributed by atoms with van der Waals surface area (Å²) < 4.78 is 5.61. The maximum Gasteiger partial charge on any atom is 0.355 e. The van der Waals surface area contributed by atoms with E-state index in [0.29, 0.717) is 5.01 Å². The number of thioether (sulfide) groups is 1. The third-order valence-corrected chi connectivity index (χ3v) is 4.15. The second kappa shape index (κ2) is 7.28. The fraction of sp³-hybridized carbons (Fsp3) is 0.200. The van der Waals surface area contributed by atoms with Gasteiger partial charge in [-0.2, -0.15) is 0 Å². The maximum atomic E-state index is 10.7. The predicted octanol–water partition coefficient (Wildman–Crippen LogP) is 4.14. The number of aromatic carboxylic acids is 1. The van der Waals surface area contributed by atoms with Gasteiger partial charge in [0.15, 0.2) is 5.69 Å². The standard InChI is InChI=1S/C15H15NO3S2/c1-10(8-20-2)11-3-5-12(6-4-11)19-7-14-16-13(9-21-14)15(17)18/h3-6,8-9H,7H2,1-2H3,(H,17,18)/b10-8+. The Morgan fingerprint density at radius 1 is 1.43 bits per heavy atom. The number of hydrogen-bond acceptors (Lipinski definition) is 5. The van der Waals surface area contributed by atoms with Gasteiger partial charge in [-0.25, -0.2) is 9.78 Å². The first-order chi connectivity index (χ1) is 10.1. The van der Waals surface area contributed by atoms with E-state index in [9.17, 15) is 4.79 Å². The van der Waals surface area contributed by atoms with E-state index in [1.165, 1.54) is 22.3 Å². The maximum absolute atomic E-state index is 10.7. The number of allylic oxidation sites excluding steroid dienone is 1. The lowest BCUT2D eigenvalue weighted by molar-refractivity contribution is 0.0691. The lowest BCUT2D eigenvalue weighted by Gasteiger charge is -2.06. The summed E-state index contributed by atoms with van der Waals surface area (Å²) in [7, 11) is 0. The molecule has 0 aliphatic heterocycles. The molecule has 2 rings (SSSR count). The quantitative estimate of drug-likeness (QED) is 0.866. The van der Waals surface area contributed by atoms with Gasteiger partial charge in [-0.15, -0.1) is 23.1 Å². The van der Waals surface area contributed by atoms with Gasteiger partial charge in [-0.05, 0) is 41.9 Å². The molecule has 1 heterocycles. The number of carboxylic acids is 1. The third-order valence-electron chi connectivity index (χ3n) is 2.74. The van der Waals surface area contributed by atoms with Crippen molar-refractivity contribution in [1.82, 2.24) is 4.98 Å². The molecule has 0 amide bonds. The molecule has 0 aliphatic rings. The molecule has 0 saturated carbocycles. The van der Waals surface area contributed by atoms with Crippen LogP contribution in [-0.4, -0.2) is 22.3 Å². The van der Waals surface area contributed by atoms with Crippen LogP contribution in [-0.2, 0) is 6.61 Å². The Balaban J connectivity index is 1.97. The van der Waals surface area contributed by atoms with Crippen LogP contribution in [0.5, 0.6) is 5.75 Å². The molecule has 0 radical (unpaired) electrons. The van der Waals surface area contributed by atoms with Crippen LogP contribution in [0.15, 0.2) is 35.1 Å². The van der Waals surface area contributed by atoms with Crippen LogP contribution < -0.4 is 4.74 Å². The number of aromatic nitrogens is 1. The highest BCUT2D eigenvalue weighted by molar-refractivity contribution is 8.01. The Morgan fingerprint density at radius 3 is 2.71 bits per heavy atom. The summed E-state index contributed by atoms with van der Waals surface area (Å²) in [5.41, 5.74) is 2.42. The van der Waals surface area contributed by atoms with Crippen molar-refractivity contribution in [3.8, 4) is 5.75 Å². The summed E-state index contributed by atoms with van der Waals surface area (Å²) in [6.45, 7) is 2.34. The number of nitrogens with zero attached hydrogens (tertiary/aromatic N) is 1. The highest BCUT2D eigenvalue weighted by Gasteiger charge is 2.08. The van der Waals surface area contributed by atoms with Gasteiger partial charge in [0.25, 0.3) is 0 Å². The van der Waals surface area contributed by atoms with Gasteiger partial charge >= 0.3 is 5.97 Å². The van der Waals surface area contributed by atoms with Crippen molar-refractivity contribution in [3.05, 3.63) is 51.3 Å². The SMILES string of the molecule is CS/C=C(\C)c1ccc(OCc2nc(C(=O)O)cs2)cc1. The fourth-order valence-corrected chi connectivity index (χ4v) is 2.85. The summed E-state index contributed by atoms with van der Waals surface area (Å²) in [5, 5.41) is 13.1. The molecule has 21 heavy (non-hydrogen) atoms. The molecule has 0 saturated heterocycles. The van der Waals surface area contributed by atoms with Crippen molar-refractivity contribution in [3.63, 3.8) is 0 Å². The van der Waals surface area contributed by atoms with Gasteiger partial charge in [-0.3, -0.25) is 0 Å². The van der Waals surface area contributed by atoms with E-state index in [0.717, 1.165) is 11.3 Å². The minimum absolute atomic E-state index is 0.0618. The summed E-state index contributed by atoms with van der Waals surface area (Å²) >= 11 is 2.96. The monoisotopic (exact) mass is 321 g/mol. The molecule has 0 aliphatic carbocycles. The number of thiazole rings is 1. The highest BCUT2D eigenvalue weighted by Crippen LogP contribution is 2.21. The molecule has 110 valence electrons. The number of ether oxygens (including phenoxy) is 1. The van der Waals surface area contributed by atoms with Crippen molar-refractivity contribution < 1.29 is 14.6 Å². The smallest absolute Gasteiger partial charge is 0.355 e. The largest absolute Gasteiger partial charge is 0.486 e. The van der Waals surface area contributed by atoms with Crippen LogP contribution in [0, 0.1) is 0 Å². The Labute approximate surface area is 131 Å². The van der Waals surface area contributed by atoms with Crippen molar-refractivity contribution in [1.29, 1.82) is 0 Å². The molecule has 4 nitrogen and oxygen atoms in total. The number of rotatable bonds is 6. The van der Waals surface area contributed by atoms with Gasteiger partial charge in [0, 0.05) is 5.38 Å². The zero-order chi connectivity index (χ0) is 15.2. The van der Waals surface area contributed by atoms with Crippen LogP contribution in [0.2, 0.25) is 0 Å². The molecule has 2 aromatic rings. The number of benzene rings is 1. The molecule has 6 heteroatoms. The predicted molar refractivity (Wildman–Crippen MR) is 87.0 cm³/mol. The lowest BCUT2D eigenvalue weighted by atomic mass is 10.1. The van der Waals surface area contributed by atoms with Crippen molar-refractivity contribution in [2.75, 3.05) is 6.26 Å². The fourth-order valence-electron chi connectivity index (χ4n) is 1.68. The van der Waals surface area contributed by atoms with E-state index in [-0.39, 0.29) is 12.3 Å². The van der Waals surface area contributed by atoms with Gasteiger partial charge < -0.3 is 9.84 Å². The molecule has 1 aromatic carbocycles. The van der Waals surface area contributed by atoms with Crippen LogP contribution >= 0.6 is 23.1 Å². The second-order valence-corrected chi connectivity index (χ2v) is 5.93. The average molecular weight is 321 g/mol. The first-order valence-corrected chi connectivity index (χ1v) is 8.37. The summed E-state index contributed by atoms with van der Waals surface area (Å²) in [6.07, 6.45) is 2.03. The molecular weight excluding hydrogens is 306 g/mol. The van der Waals surface area contributed by atoms with Crippen LogP contribution in [0.25, 0.3) is 5.57 Å². The minimum atomic E-state index is -1.02. The topological polar surface area (TPSA) is 59.4 Å². The molecule has 0 unspecified atom stereocenters. The van der Waals surface area contributed by atoms with Gasteiger partial charge in [-0.1, -0.05) is 12.1 Å². The first kappa shape index (κ1) is 15.6. The average Bonchev–Trinajstić information content (AvgIpc) is 2.95. The summed E-state index contributed by atoms with van der Waals surface area (Å²) in [6, 6.07) is 7.81. The second-order valence-electron chi connectivity index (χ2n) is 4.28. The van der Waals surface area contributed by atoms with Crippen molar-refractivity contribution >= 4 is 34.6 Å². The molecule has 1 aromatic heterocycles. The van der Waals surface area contributed by atoms with Crippen LogP contribution in [0.3, 0.4) is 0 Å². The van der Waals surface area contributed by atoms with Gasteiger partial charge in [0.1, 0.15) is 17.4 Å². The van der Waals surface area contributed by atoms with Crippen LogP contribution in [0.1, 0.15) is 28.0 Å². The molecule has 0 spiro atoms. The number of carboxylic acid groups (broad SMARTS) is 1. The Hall–Kier alpha value is -1.79. The normalized spacial score (nSPS) is 11.4. The van der Waals surface area contributed by atoms with Gasteiger partial charge in [0.2, 0.25) is 0 Å². The van der Waals surface area contributed by atoms with Crippen molar-refractivity contribution in [2.24, 2.45) is 0 Å². The molecular formula is C15H15NO3S2. The van der Waals surface area contributed by atoms with Crippen molar-refractivity contribution in [2.45, 2.75) is 13.5 Å². The summed E-state index contributed by atoms with van der Waals surface area (Å²) in [4.78, 5) is 14.7. The molecule has 1 N–H and O–H groups in total. The van der Waals surface area contributed by atoms with Gasteiger partial charge in [0.05, 0.1) is 0 Å². The first-order valence-electron chi connectivity index (χ1n) is 6.20. The number of carbonyl (C=O) groups is 1. The Kier molecular flexibility index (Phi) is 5.41. The van der Waals surface area contributed by atoms with E-state index >= 15 is 0 Å². The van der Waals surface area contributed by atoms with E-state index < -0.39 is 5.97 Å². The Bertz CT molecular complexity index is 647. The van der Waals surface area contributed by atoms with E-state index in [1.807, 2.05) is 30.5 Å². The zero-order valence-corrected chi connectivity index (χ0v) is 13.3. The van der Waals surface area contributed by atoms with E-state index in [4.69, 9.17) is 9.84 Å².